The van der Waals surface area contributed by atoms with Gasteiger partial charge in [0, 0.05) is 18.9 Å². The fourth-order valence-electron chi connectivity index (χ4n) is 1.58. The van der Waals surface area contributed by atoms with Crippen LogP contribution in [0.15, 0.2) is 10.9 Å². The highest BCUT2D eigenvalue weighted by molar-refractivity contribution is 5.80. The van der Waals surface area contributed by atoms with Gasteiger partial charge in [0.2, 0.25) is 0 Å². The minimum Gasteiger partial charge on any atom is -0.299 e. The molecule has 0 amide bonds. The molecule has 0 aliphatic heterocycles. The van der Waals surface area contributed by atoms with Gasteiger partial charge in [-0.1, -0.05) is 6.92 Å². The van der Waals surface area contributed by atoms with Gasteiger partial charge < -0.3 is 0 Å². The van der Waals surface area contributed by atoms with Crippen molar-refractivity contribution in [3.63, 3.8) is 0 Å². The quantitative estimate of drug-likeness (QED) is 0.803. The lowest BCUT2D eigenvalue weighted by atomic mass is 10.2. The van der Waals surface area contributed by atoms with E-state index in [0.29, 0.717) is 23.6 Å². The summed E-state index contributed by atoms with van der Waals surface area (Å²) in [6, 6.07) is 1.65. The van der Waals surface area contributed by atoms with Crippen LogP contribution in [-0.2, 0) is 11.2 Å². The van der Waals surface area contributed by atoms with E-state index in [0.717, 1.165) is 0 Å². The van der Waals surface area contributed by atoms with Crippen molar-refractivity contribution in [1.29, 1.82) is 0 Å². The zero-order valence-corrected chi connectivity index (χ0v) is 9.15. The van der Waals surface area contributed by atoms with Crippen molar-refractivity contribution >= 4 is 11.4 Å². The molecule has 16 heavy (non-hydrogen) atoms. The Morgan fingerprint density at radius 3 is 3.00 bits per heavy atom. The number of hydrogen-bond acceptors (Lipinski definition) is 4. The molecular formula is C10H12N4O2. The standard InChI is InChI=1S/C10H12N4O2/c1-3-8(15)4-7-5-9-12-13-10(16)14(9)6(2)11-7/h5H,3-4H2,1-2H3,(H,13,16). The number of Topliss-reactive ketones (excluding diaryl/α,β-unsaturated/α-hetero) is 1. The minimum absolute atomic E-state index is 0.120. The molecule has 0 saturated heterocycles. The van der Waals surface area contributed by atoms with Crippen LogP contribution < -0.4 is 5.69 Å². The summed E-state index contributed by atoms with van der Waals surface area (Å²) >= 11 is 0. The molecular weight excluding hydrogens is 208 g/mol. The maximum absolute atomic E-state index is 11.3. The van der Waals surface area contributed by atoms with Crippen LogP contribution in [0.25, 0.3) is 5.65 Å². The molecule has 84 valence electrons. The van der Waals surface area contributed by atoms with Crippen molar-refractivity contribution in [3.8, 4) is 0 Å². The highest BCUT2D eigenvalue weighted by Crippen LogP contribution is 2.04. The second kappa shape index (κ2) is 3.88. The highest BCUT2D eigenvalue weighted by atomic mass is 16.1. The van der Waals surface area contributed by atoms with Gasteiger partial charge in [0.1, 0.15) is 11.6 Å². The van der Waals surface area contributed by atoms with E-state index < -0.39 is 0 Å². The van der Waals surface area contributed by atoms with Crippen LogP contribution in [0.4, 0.5) is 0 Å². The molecule has 1 N–H and O–H groups in total. The Bertz CT molecular complexity index is 596. The lowest BCUT2D eigenvalue weighted by Crippen LogP contribution is -2.14. The molecule has 0 radical (unpaired) electrons. The summed E-state index contributed by atoms with van der Waals surface area (Å²) in [4.78, 5) is 26.8. The Labute approximate surface area is 91.3 Å². The van der Waals surface area contributed by atoms with E-state index in [4.69, 9.17) is 0 Å². The number of aryl methyl sites for hydroxylation is 1. The van der Waals surface area contributed by atoms with Gasteiger partial charge in [-0.15, -0.1) is 0 Å². The van der Waals surface area contributed by atoms with Crippen LogP contribution >= 0.6 is 0 Å². The van der Waals surface area contributed by atoms with E-state index >= 15 is 0 Å². The third-order valence-electron chi connectivity index (χ3n) is 2.40. The molecule has 6 heteroatoms. The number of carbonyl (C=O) groups excluding carboxylic acids is 1. The smallest absolute Gasteiger partial charge is 0.299 e. The molecule has 0 aromatic carbocycles. The predicted molar refractivity (Wildman–Crippen MR) is 57.3 cm³/mol. The summed E-state index contributed by atoms with van der Waals surface area (Å²) in [7, 11) is 0. The van der Waals surface area contributed by atoms with E-state index in [2.05, 4.69) is 15.2 Å². The lowest BCUT2D eigenvalue weighted by Gasteiger charge is -2.01. The summed E-state index contributed by atoms with van der Waals surface area (Å²) in [6.45, 7) is 3.52. The van der Waals surface area contributed by atoms with E-state index in [1.165, 1.54) is 4.40 Å². The van der Waals surface area contributed by atoms with Gasteiger partial charge in [-0.2, -0.15) is 5.10 Å². The second-order valence-corrected chi connectivity index (χ2v) is 3.59. The van der Waals surface area contributed by atoms with Crippen molar-refractivity contribution in [3.05, 3.63) is 28.1 Å². The molecule has 0 unspecified atom stereocenters. The largest absolute Gasteiger partial charge is 0.349 e. The summed E-state index contributed by atoms with van der Waals surface area (Å²) in [5, 5.41) is 6.19. The fourth-order valence-corrected chi connectivity index (χ4v) is 1.58. The molecule has 2 aromatic rings. The van der Waals surface area contributed by atoms with Crippen LogP contribution in [0.2, 0.25) is 0 Å². The van der Waals surface area contributed by atoms with Crippen molar-refractivity contribution in [2.24, 2.45) is 0 Å². The van der Waals surface area contributed by atoms with Gasteiger partial charge in [-0.05, 0) is 6.92 Å². The molecule has 6 nitrogen and oxygen atoms in total. The topological polar surface area (TPSA) is 80.1 Å². The first-order valence-corrected chi connectivity index (χ1v) is 5.07. The molecule has 0 aliphatic carbocycles. The third-order valence-corrected chi connectivity index (χ3v) is 2.40. The first-order valence-electron chi connectivity index (χ1n) is 5.07. The average molecular weight is 220 g/mol. The first kappa shape index (κ1) is 10.5. The third kappa shape index (κ3) is 1.73. The lowest BCUT2D eigenvalue weighted by molar-refractivity contribution is -0.118. The number of fused-ring (bicyclic) bond motifs is 1. The number of carbonyl (C=O) groups is 1. The van der Waals surface area contributed by atoms with Crippen LogP contribution in [-0.4, -0.2) is 25.4 Å². The number of ketones is 1. The normalized spacial score (nSPS) is 10.9. The van der Waals surface area contributed by atoms with Crippen molar-refractivity contribution in [2.45, 2.75) is 26.7 Å². The van der Waals surface area contributed by atoms with Gasteiger partial charge in [0.25, 0.3) is 0 Å². The SMILES string of the molecule is CCC(=O)Cc1cc2n[nH]c(=O)n2c(C)n1. The van der Waals surface area contributed by atoms with Gasteiger partial charge in [0.15, 0.2) is 5.65 Å². The van der Waals surface area contributed by atoms with Gasteiger partial charge >= 0.3 is 5.69 Å². The number of aromatic amines is 1. The maximum atomic E-state index is 11.3. The van der Waals surface area contributed by atoms with Crippen LogP contribution in [0.1, 0.15) is 24.9 Å². The Balaban J connectivity index is 2.50. The molecule has 0 atom stereocenters. The van der Waals surface area contributed by atoms with Crippen LogP contribution in [0, 0.1) is 6.92 Å². The number of H-pyrrole nitrogens is 1. The van der Waals surface area contributed by atoms with Gasteiger partial charge in [0.05, 0.1) is 5.69 Å². The molecule has 2 rings (SSSR count). The first-order chi connectivity index (χ1) is 7.61. The summed E-state index contributed by atoms with van der Waals surface area (Å²) in [5.74, 6) is 0.657. The number of hydrogen-bond donors (Lipinski definition) is 1. The molecule has 0 bridgehead atoms. The monoisotopic (exact) mass is 220 g/mol. The van der Waals surface area contributed by atoms with E-state index in [1.807, 2.05) is 6.92 Å². The minimum atomic E-state index is -0.312. The highest BCUT2D eigenvalue weighted by Gasteiger charge is 2.08. The summed E-state index contributed by atoms with van der Waals surface area (Å²) in [5.41, 5.74) is 0.834. The second-order valence-electron chi connectivity index (χ2n) is 3.59. The number of nitrogens with zero attached hydrogens (tertiary/aromatic N) is 3. The zero-order chi connectivity index (χ0) is 11.7. The van der Waals surface area contributed by atoms with Crippen LogP contribution in [0.3, 0.4) is 0 Å². The summed E-state index contributed by atoms with van der Waals surface area (Å²) in [6.07, 6.45) is 0.772. The van der Waals surface area contributed by atoms with Gasteiger partial charge in [-0.3, -0.25) is 4.79 Å². The Hall–Kier alpha value is -1.98. The maximum Gasteiger partial charge on any atom is 0.349 e. The molecule has 0 aliphatic rings. The Morgan fingerprint density at radius 1 is 1.56 bits per heavy atom. The average Bonchev–Trinajstić information content (AvgIpc) is 2.60. The van der Waals surface area contributed by atoms with E-state index in [9.17, 15) is 9.59 Å². The molecule has 0 spiro atoms. The zero-order valence-electron chi connectivity index (χ0n) is 9.15. The van der Waals surface area contributed by atoms with Crippen molar-refractivity contribution < 1.29 is 4.79 Å². The van der Waals surface area contributed by atoms with Crippen molar-refractivity contribution in [2.75, 3.05) is 0 Å². The number of aromatic nitrogens is 4. The van der Waals surface area contributed by atoms with Crippen molar-refractivity contribution in [1.82, 2.24) is 19.6 Å². The Morgan fingerprint density at radius 2 is 2.31 bits per heavy atom. The van der Waals surface area contributed by atoms with E-state index in [-0.39, 0.29) is 17.9 Å². The number of rotatable bonds is 3. The Kier molecular flexibility index (Phi) is 2.55. The molecule has 0 fully saturated rings. The molecule has 2 aromatic heterocycles. The molecule has 2 heterocycles. The summed E-state index contributed by atoms with van der Waals surface area (Å²) < 4.78 is 1.37. The van der Waals surface area contributed by atoms with E-state index in [1.54, 1.807) is 13.0 Å². The number of nitrogens with one attached hydrogen (secondary N) is 1. The molecule has 0 saturated carbocycles. The van der Waals surface area contributed by atoms with Crippen LogP contribution in [0.5, 0.6) is 0 Å². The fraction of sp³-hybridized carbons (Fsp3) is 0.400. The van der Waals surface area contributed by atoms with Gasteiger partial charge in [-0.25, -0.2) is 19.3 Å². The predicted octanol–water partition coefficient (Wildman–Crippen LogP) is 0.248.